The van der Waals surface area contributed by atoms with E-state index < -0.39 is 0 Å². The Kier molecular flexibility index (Phi) is 2.59. The van der Waals surface area contributed by atoms with Crippen molar-refractivity contribution in [1.29, 1.82) is 0 Å². The minimum Gasteiger partial charge on any atom is -0.361 e. The third-order valence-electron chi connectivity index (χ3n) is 2.67. The van der Waals surface area contributed by atoms with E-state index in [1.807, 2.05) is 13.0 Å². The number of aldehydes is 1. The lowest BCUT2D eigenvalue weighted by Crippen LogP contribution is -2.32. The fourth-order valence-electron chi connectivity index (χ4n) is 1.87. The van der Waals surface area contributed by atoms with Crippen LogP contribution in [0.15, 0.2) is 22.7 Å². The Morgan fingerprint density at radius 3 is 3.07 bits per heavy atom. The van der Waals surface area contributed by atoms with Crippen LogP contribution in [0.2, 0.25) is 0 Å². The standard InChI is InChI=1S/C11H12BrNO/c1-8(7-14)13-5-4-9-2-3-10(12)6-11(9)13/h2-3,6-8H,4-5H2,1H3. The molecule has 0 saturated carbocycles. The zero-order chi connectivity index (χ0) is 10.1. The number of hydrogen-bond donors (Lipinski definition) is 0. The molecule has 74 valence electrons. The molecule has 0 aliphatic carbocycles. The lowest BCUT2D eigenvalue weighted by atomic mass is 10.2. The Morgan fingerprint density at radius 1 is 1.57 bits per heavy atom. The first-order valence-electron chi connectivity index (χ1n) is 4.72. The van der Waals surface area contributed by atoms with Crippen molar-refractivity contribution in [3.05, 3.63) is 28.2 Å². The van der Waals surface area contributed by atoms with Crippen molar-refractivity contribution in [3.8, 4) is 0 Å². The van der Waals surface area contributed by atoms with Crippen LogP contribution in [0.1, 0.15) is 12.5 Å². The number of rotatable bonds is 2. The summed E-state index contributed by atoms with van der Waals surface area (Å²) >= 11 is 3.45. The maximum absolute atomic E-state index is 10.7. The van der Waals surface area contributed by atoms with E-state index in [2.05, 4.69) is 33.0 Å². The van der Waals surface area contributed by atoms with Crippen molar-refractivity contribution in [3.63, 3.8) is 0 Å². The van der Waals surface area contributed by atoms with Gasteiger partial charge in [-0.25, -0.2) is 0 Å². The molecule has 0 saturated heterocycles. The molecule has 0 fully saturated rings. The molecular weight excluding hydrogens is 242 g/mol. The van der Waals surface area contributed by atoms with E-state index in [4.69, 9.17) is 0 Å². The summed E-state index contributed by atoms with van der Waals surface area (Å²) in [5.74, 6) is 0. The molecule has 14 heavy (non-hydrogen) atoms. The third kappa shape index (κ3) is 1.57. The molecule has 1 atom stereocenters. The van der Waals surface area contributed by atoms with Gasteiger partial charge in [0, 0.05) is 16.7 Å². The summed E-state index contributed by atoms with van der Waals surface area (Å²) in [6.45, 7) is 2.88. The van der Waals surface area contributed by atoms with Gasteiger partial charge in [-0.1, -0.05) is 22.0 Å². The molecule has 0 bridgehead atoms. The average molecular weight is 254 g/mol. The highest BCUT2D eigenvalue weighted by Gasteiger charge is 2.22. The molecule has 2 rings (SSSR count). The molecule has 1 aromatic carbocycles. The summed E-state index contributed by atoms with van der Waals surface area (Å²) in [5.41, 5.74) is 2.53. The van der Waals surface area contributed by atoms with Crippen LogP contribution in [0.5, 0.6) is 0 Å². The Bertz CT molecular complexity index is 364. The van der Waals surface area contributed by atoms with E-state index in [0.29, 0.717) is 0 Å². The second kappa shape index (κ2) is 3.73. The third-order valence-corrected chi connectivity index (χ3v) is 3.16. The molecule has 0 radical (unpaired) electrons. The maximum Gasteiger partial charge on any atom is 0.142 e. The van der Waals surface area contributed by atoms with Gasteiger partial charge in [0.1, 0.15) is 6.29 Å². The molecule has 1 unspecified atom stereocenters. The molecule has 3 heteroatoms. The Hall–Kier alpha value is -0.830. The predicted octanol–water partition coefficient (Wildman–Crippen LogP) is 2.40. The molecule has 1 aromatic rings. The zero-order valence-corrected chi connectivity index (χ0v) is 9.62. The summed E-state index contributed by atoms with van der Waals surface area (Å²) in [6.07, 6.45) is 2.04. The minimum absolute atomic E-state index is 0.0226. The second-order valence-electron chi connectivity index (χ2n) is 3.59. The molecule has 0 amide bonds. The van der Waals surface area contributed by atoms with Crippen molar-refractivity contribution in [2.75, 3.05) is 11.4 Å². The fraction of sp³-hybridized carbons (Fsp3) is 0.364. The monoisotopic (exact) mass is 253 g/mol. The number of fused-ring (bicyclic) bond motifs is 1. The Labute approximate surface area is 92.0 Å². The Morgan fingerprint density at radius 2 is 2.36 bits per heavy atom. The lowest BCUT2D eigenvalue weighted by Gasteiger charge is -2.22. The van der Waals surface area contributed by atoms with E-state index in [1.54, 1.807) is 0 Å². The highest BCUT2D eigenvalue weighted by molar-refractivity contribution is 9.10. The SMILES string of the molecule is CC(C=O)N1CCc2ccc(Br)cc21. The fourth-order valence-corrected chi connectivity index (χ4v) is 2.22. The van der Waals surface area contributed by atoms with Crippen LogP contribution in [0, 0.1) is 0 Å². The highest BCUT2D eigenvalue weighted by atomic mass is 79.9. The van der Waals surface area contributed by atoms with Gasteiger partial charge >= 0.3 is 0 Å². The van der Waals surface area contributed by atoms with Crippen molar-refractivity contribution in [2.45, 2.75) is 19.4 Å². The smallest absolute Gasteiger partial charge is 0.142 e. The van der Waals surface area contributed by atoms with E-state index in [-0.39, 0.29) is 6.04 Å². The summed E-state index contributed by atoms with van der Waals surface area (Å²) < 4.78 is 1.07. The minimum atomic E-state index is -0.0226. The van der Waals surface area contributed by atoms with E-state index in [9.17, 15) is 4.79 Å². The largest absolute Gasteiger partial charge is 0.361 e. The van der Waals surface area contributed by atoms with Crippen molar-refractivity contribution >= 4 is 27.9 Å². The van der Waals surface area contributed by atoms with Gasteiger partial charge in [0.2, 0.25) is 0 Å². The number of nitrogens with zero attached hydrogens (tertiary/aromatic N) is 1. The van der Waals surface area contributed by atoms with Crippen molar-refractivity contribution in [1.82, 2.24) is 0 Å². The number of benzene rings is 1. The van der Waals surface area contributed by atoms with Crippen LogP contribution in [0.4, 0.5) is 5.69 Å². The number of anilines is 1. The number of carbonyl (C=O) groups is 1. The van der Waals surface area contributed by atoms with Gasteiger partial charge in [-0.3, -0.25) is 0 Å². The molecule has 1 heterocycles. The summed E-state index contributed by atoms with van der Waals surface area (Å²) in [7, 11) is 0. The average Bonchev–Trinajstić information content (AvgIpc) is 2.59. The molecule has 2 nitrogen and oxygen atoms in total. The zero-order valence-electron chi connectivity index (χ0n) is 8.03. The van der Waals surface area contributed by atoms with Gasteiger partial charge in [0.05, 0.1) is 6.04 Å². The van der Waals surface area contributed by atoms with Gasteiger partial charge in [0.15, 0.2) is 0 Å². The van der Waals surface area contributed by atoms with E-state index in [1.165, 1.54) is 11.3 Å². The molecule has 1 aliphatic rings. The summed E-state index contributed by atoms with van der Waals surface area (Å²) in [6, 6.07) is 6.23. The van der Waals surface area contributed by atoms with Crippen LogP contribution >= 0.6 is 15.9 Å². The lowest BCUT2D eigenvalue weighted by molar-refractivity contribution is -0.108. The van der Waals surface area contributed by atoms with Crippen LogP contribution in [-0.4, -0.2) is 18.9 Å². The van der Waals surface area contributed by atoms with Gasteiger partial charge in [-0.15, -0.1) is 0 Å². The maximum atomic E-state index is 10.7. The first-order valence-corrected chi connectivity index (χ1v) is 5.52. The Balaban J connectivity index is 2.37. The van der Waals surface area contributed by atoms with E-state index >= 15 is 0 Å². The number of hydrogen-bond acceptors (Lipinski definition) is 2. The topological polar surface area (TPSA) is 20.3 Å². The highest BCUT2D eigenvalue weighted by Crippen LogP contribution is 2.31. The normalized spacial score (nSPS) is 16.6. The van der Waals surface area contributed by atoms with Crippen LogP contribution < -0.4 is 4.90 Å². The van der Waals surface area contributed by atoms with Gasteiger partial charge < -0.3 is 9.69 Å². The second-order valence-corrected chi connectivity index (χ2v) is 4.51. The van der Waals surface area contributed by atoms with Crippen molar-refractivity contribution in [2.24, 2.45) is 0 Å². The van der Waals surface area contributed by atoms with Gasteiger partial charge in [0.25, 0.3) is 0 Å². The molecule has 0 aromatic heterocycles. The molecule has 0 spiro atoms. The number of halogens is 1. The molecule has 1 aliphatic heterocycles. The molecule has 0 N–H and O–H groups in total. The first-order chi connectivity index (χ1) is 6.72. The van der Waals surface area contributed by atoms with E-state index in [0.717, 1.165) is 23.7 Å². The van der Waals surface area contributed by atoms with Crippen molar-refractivity contribution < 1.29 is 4.79 Å². The predicted molar refractivity (Wildman–Crippen MR) is 60.7 cm³/mol. The summed E-state index contributed by atoms with van der Waals surface area (Å²) in [5, 5.41) is 0. The van der Waals surface area contributed by atoms with Crippen LogP contribution in [0.25, 0.3) is 0 Å². The molecular formula is C11H12BrNO. The van der Waals surface area contributed by atoms with Gasteiger partial charge in [-0.2, -0.15) is 0 Å². The summed E-state index contributed by atoms with van der Waals surface area (Å²) in [4.78, 5) is 12.9. The van der Waals surface area contributed by atoms with Crippen LogP contribution in [0.3, 0.4) is 0 Å². The number of carbonyl (C=O) groups excluding carboxylic acids is 1. The van der Waals surface area contributed by atoms with Crippen LogP contribution in [-0.2, 0) is 11.2 Å². The quantitative estimate of drug-likeness (QED) is 0.755. The first kappa shape index (κ1) is 9.71. The van der Waals surface area contributed by atoms with Gasteiger partial charge in [-0.05, 0) is 31.0 Å².